The van der Waals surface area contributed by atoms with Crippen molar-refractivity contribution in [2.45, 2.75) is 50.8 Å². The van der Waals surface area contributed by atoms with Crippen LogP contribution in [0.2, 0.25) is 0 Å². The quantitative estimate of drug-likeness (QED) is 0.575. The number of carbonyl (C=O) groups excluding carboxylic acids is 2. The van der Waals surface area contributed by atoms with Crippen molar-refractivity contribution in [1.29, 1.82) is 0 Å². The average Bonchev–Trinajstić information content (AvgIpc) is 3.59. The van der Waals surface area contributed by atoms with Crippen LogP contribution in [0.4, 0.5) is 18.0 Å². The number of aryl methyl sites for hydroxylation is 1. The van der Waals surface area contributed by atoms with Gasteiger partial charge in [0.25, 0.3) is 5.91 Å². The van der Waals surface area contributed by atoms with E-state index in [1.54, 1.807) is 6.07 Å². The van der Waals surface area contributed by atoms with Crippen LogP contribution in [0.1, 0.15) is 30.9 Å². The van der Waals surface area contributed by atoms with Gasteiger partial charge in [-0.3, -0.25) is 9.69 Å². The monoisotopic (exact) mass is 507 g/mol. The molecule has 2 fully saturated rings. The molecule has 1 aromatic rings. The Morgan fingerprint density at radius 3 is 2.41 bits per heavy atom. The van der Waals surface area contributed by atoms with Crippen LogP contribution in [0.15, 0.2) is 18.2 Å². The number of amides is 2. The van der Waals surface area contributed by atoms with Crippen LogP contribution in [-0.4, -0.2) is 80.5 Å². The minimum absolute atomic E-state index is 0.201. The molecule has 9 nitrogen and oxygen atoms in total. The second-order valence-electron chi connectivity index (χ2n) is 8.50. The van der Waals surface area contributed by atoms with Crippen molar-refractivity contribution in [1.82, 2.24) is 14.5 Å². The van der Waals surface area contributed by atoms with Crippen molar-refractivity contribution in [3.05, 3.63) is 29.3 Å². The molecule has 190 valence electrons. The van der Waals surface area contributed by atoms with Gasteiger partial charge in [0, 0.05) is 38.3 Å². The van der Waals surface area contributed by atoms with E-state index in [2.05, 4.69) is 4.74 Å². The molecule has 1 saturated carbocycles. The highest BCUT2D eigenvalue weighted by Gasteiger charge is 2.40. The molecular weight excluding hydrogens is 479 g/mol. The number of piperazine rings is 1. The van der Waals surface area contributed by atoms with Crippen LogP contribution >= 0.6 is 0 Å². The lowest BCUT2D eigenvalue weighted by Gasteiger charge is -2.35. The van der Waals surface area contributed by atoms with Crippen LogP contribution in [-0.2, 0) is 26.1 Å². The molecule has 1 aliphatic carbocycles. The third-order valence-electron chi connectivity index (χ3n) is 5.56. The van der Waals surface area contributed by atoms with E-state index in [-0.39, 0.29) is 13.1 Å². The zero-order chi connectivity index (χ0) is 25.1. The summed E-state index contributed by atoms with van der Waals surface area (Å²) in [5.41, 5.74) is 1.64. The summed E-state index contributed by atoms with van der Waals surface area (Å²) in [6.45, 7) is 3.81. The van der Waals surface area contributed by atoms with E-state index in [1.165, 1.54) is 4.90 Å². The lowest BCUT2D eigenvalue weighted by molar-refractivity contribution is -0.200. The molecule has 1 aromatic carbocycles. The van der Waals surface area contributed by atoms with E-state index < -0.39 is 46.2 Å². The topological polar surface area (TPSA) is 105 Å². The third kappa shape index (κ3) is 7.23. The summed E-state index contributed by atoms with van der Waals surface area (Å²) in [7, 11) is -3.65. The summed E-state index contributed by atoms with van der Waals surface area (Å²) in [6.07, 6.45) is -6.72. The first-order chi connectivity index (χ1) is 15.8. The van der Waals surface area contributed by atoms with Gasteiger partial charge in [0.05, 0.1) is 5.25 Å². The Bertz CT molecular complexity index is 1010. The minimum Gasteiger partial charge on any atom is -0.483 e. The van der Waals surface area contributed by atoms with Gasteiger partial charge in [-0.05, 0) is 38.3 Å². The van der Waals surface area contributed by atoms with E-state index in [0.29, 0.717) is 38.2 Å². The van der Waals surface area contributed by atoms with Gasteiger partial charge in [0.15, 0.2) is 12.7 Å². The highest BCUT2D eigenvalue weighted by molar-refractivity contribution is 7.90. The van der Waals surface area contributed by atoms with Gasteiger partial charge < -0.3 is 14.4 Å². The van der Waals surface area contributed by atoms with E-state index in [9.17, 15) is 31.2 Å². The molecule has 0 spiro atoms. The first kappa shape index (κ1) is 26.1. The second-order valence-corrected chi connectivity index (χ2v) is 10.5. The first-order valence-corrected chi connectivity index (χ1v) is 12.4. The van der Waals surface area contributed by atoms with Crippen LogP contribution < -0.4 is 9.46 Å². The van der Waals surface area contributed by atoms with Crippen molar-refractivity contribution < 1.29 is 40.7 Å². The Morgan fingerprint density at radius 2 is 1.82 bits per heavy atom. The van der Waals surface area contributed by atoms with Crippen LogP contribution in [0, 0.1) is 6.92 Å². The fourth-order valence-corrected chi connectivity index (χ4v) is 4.64. The molecule has 2 amide bonds. The maximum atomic E-state index is 12.6. The molecule has 0 radical (unpaired) electrons. The number of nitrogens with one attached hydrogen (secondary N) is 1. The van der Waals surface area contributed by atoms with Gasteiger partial charge >= 0.3 is 12.3 Å². The number of halogens is 3. The fourth-order valence-electron chi connectivity index (χ4n) is 3.34. The standard InChI is InChI=1S/C21H28F3N3O6S/c1-14-3-4-16(18(11-14)32-13-19(28)25-34(30,31)17-5-6-17)12-26-7-9-27(10-8-26)20(29)33-15(2)21(22,23)24/h3-4,11,15,17H,5-10,12-13H2,1-2H3,(H,25,28). The highest BCUT2D eigenvalue weighted by Crippen LogP contribution is 2.27. The molecule has 2 aliphatic rings. The van der Waals surface area contributed by atoms with Gasteiger partial charge in [0.2, 0.25) is 10.0 Å². The highest BCUT2D eigenvalue weighted by atomic mass is 32.2. The van der Waals surface area contributed by atoms with Crippen molar-refractivity contribution in [3.63, 3.8) is 0 Å². The lowest BCUT2D eigenvalue weighted by Crippen LogP contribution is -2.49. The predicted octanol–water partition coefficient (Wildman–Crippen LogP) is 2.19. The number of sulfonamides is 1. The molecule has 1 saturated heterocycles. The van der Waals surface area contributed by atoms with Gasteiger partial charge in [-0.2, -0.15) is 13.2 Å². The third-order valence-corrected chi connectivity index (χ3v) is 7.42. The maximum absolute atomic E-state index is 12.6. The molecule has 1 N–H and O–H groups in total. The molecule has 0 aromatic heterocycles. The van der Waals surface area contributed by atoms with Gasteiger partial charge in [-0.25, -0.2) is 17.9 Å². The predicted molar refractivity (Wildman–Crippen MR) is 116 cm³/mol. The molecule has 13 heteroatoms. The molecule has 1 aliphatic heterocycles. The Kier molecular flexibility index (Phi) is 7.96. The van der Waals surface area contributed by atoms with Gasteiger partial charge in [-0.15, -0.1) is 0 Å². The number of hydrogen-bond acceptors (Lipinski definition) is 7. The fraction of sp³-hybridized carbons (Fsp3) is 0.619. The SMILES string of the molecule is Cc1ccc(CN2CCN(C(=O)OC(C)C(F)(F)F)CC2)c(OCC(=O)NS(=O)(=O)C2CC2)c1. The zero-order valence-electron chi connectivity index (χ0n) is 18.9. The van der Waals surface area contributed by atoms with Crippen molar-refractivity contribution in [2.75, 3.05) is 32.8 Å². The number of carbonyl (C=O) groups is 2. The van der Waals surface area contributed by atoms with Crippen molar-refractivity contribution >= 4 is 22.0 Å². The largest absolute Gasteiger partial charge is 0.483 e. The van der Waals surface area contributed by atoms with Crippen LogP contribution in [0.25, 0.3) is 0 Å². The van der Waals surface area contributed by atoms with Crippen molar-refractivity contribution in [3.8, 4) is 5.75 Å². The number of benzene rings is 1. The summed E-state index contributed by atoms with van der Waals surface area (Å²) >= 11 is 0. The van der Waals surface area contributed by atoms with Crippen LogP contribution in [0.5, 0.6) is 5.75 Å². The summed E-state index contributed by atoms with van der Waals surface area (Å²) in [5.74, 6) is -0.320. The van der Waals surface area contributed by atoms with Crippen LogP contribution in [0.3, 0.4) is 0 Å². The van der Waals surface area contributed by atoms with Crippen molar-refractivity contribution in [2.24, 2.45) is 0 Å². The summed E-state index contributed by atoms with van der Waals surface area (Å²) in [4.78, 5) is 27.3. The molecule has 3 rings (SSSR count). The molecule has 34 heavy (non-hydrogen) atoms. The Balaban J connectivity index is 1.52. The molecule has 1 unspecified atom stereocenters. The summed E-state index contributed by atoms with van der Waals surface area (Å²) in [6, 6.07) is 5.44. The van der Waals surface area contributed by atoms with E-state index in [1.807, 2.05) is 28.7 Å². The van der Waals surface area contributed by atoms with E-state index >= 15 is 0 Å². The molecule has 1 atom stereocenters. The Hall–Kier alpha value is -2.54. The second kappa shape index (κ2) is 10.4. The number of nitrogens with zero attached hydrogens (tertiary/aromatic N) is 2. The zero-order valence-corrected chi connectivity index (χ0v) is 19.7. The van der Waals surface area contributed by atoms with Gasteiger partial charge in [0.1, 0.15) is 5.75 Å². The van der Waals surface area contributed by atoms with E-state index in [4.69, 9.17) is 4.74 Å². The average molecular weight is 508 g/mol. The number of rotatable bonds is 8. The normalized spacial score (nSPS) is 18.3. The summed E-state index contributed by atoms with van der Waals surface area (Å²) in [5, 5.41) is -0.515. The molecule has 1 heterocycles. The Labute approximate surface area is 196 Å². The number of hydrogen-bond donors (Lipinski definition) is 1. The maximum Gasteiger partial charge on any atom is 0.425 e. The Morgan fingerprint density at radius 1 is 1.18 bits per heavy atom. The number of alkyl halides is 3. The minimum atomic E-state index is -4.61. The smallest absolute Gasteiger partial charge is 0.425 e. The van der Waals surface area contributed by atoms with Gasteiger partial charge in [-0.1, -0.05) is 12.1 Å². The summed E-state index contributed by atoms with van der Waals surface area (Å²) < 4.78 is 73.7. The molecular formula is C21H28F3N3O6S. The van der Waals surface area contributed by atoms with E-state index in [0.717, 1.165) is 18.1 Å². The molecule has 0 bridgehead atoms. The lowest BCUT2D eigenvalue weighted by atomic mass is 10.1. The first-order valence-electron chi connectivity index (χ1n) is 10.9. The number of ether oxygens (including phenoxy) is 2.